The number of rotatable bonds is 5. The monoisotopic (exact) mass is 375 g/mol. The number of thioether (sulfide) groups is 1. The third-order valence-corrected chi connectivity index (χ3v) is 5.33. The Labute approximate surface area is 155 Å². The van der Waals surface area contributed by atoms with Crippen molar-refractivity contribution in [3.63, 3.8) is 0 Å². The first-order chi connectivity index (χ1) is 12.6. The molecule has 0 spiro atoms. The van der Waals surface area contributed by atoms with Crippen molar-refractivity contribution in [1.29, 1.82) is 0 Å². The predicted octanol–water partition coefficient (Wildman–Crippen LogP) is 1.47. The molecule has 1 fully saturated rings. The number of likely N-dealkylation sites (tertiary alicyclic amines) is 1. The molecule has 0 atom stereocenters. The zero-order valence-corrected chi connectivity index (χ0v) is 15.6. The van der Waals surface area contributed by atoms with Gasteiger partial charge in [0.2, 0.25) is 11.1 Å². The van der Waals surface area contributed by atoms with Crippen LogP contribution >= 0.6 is 11.8 Å². The maximum Gasteiger partial charge on any atom is 0.308 e. The minimum Gasteiger partial charge on any atom is -0.469 e. The van der Waals surface area contributed by atoms with Crippen LogP contribution in [0.1, 0.15) is 18.4 Å². The van der Waals surface area contributed by atoms with Crippen LogP contribution in [0.25, 0.3) is 5.69 Å². The average Bonchev–Trinajstić information content (AvgIpc) is 3.14. The fourth-order valence-electron chi connectivity index (χ4n) is 2.87. The predicted molar refractivity (Wildman–Crippen MR) is 95.9 cm³/mol. The van der Waals surface area contributed by atoms with Gasteiger partial charge in [-0.15, -0.1) is 5.10 Å². The molecule has 3 rings (SSSR count). The first-order valence-corrected chi connectivity index (χ1v) is 9.41. The first-order valence-electron chi connectivity index (χ1n) is 8.42. The average molecular weight is 375 g/mol. The Morgan fingerprint density at radius 3 is 2.58 bits per heavy atom. The van der Waals surface area contributed by atoms with E-state index < -0.39 is 0 Å². The van der Waals surface area contributed by atoms with Crippen LogP contribution < -0.4 is 0 Å². The van der Waals surface area contributed by atoms with Crippen LogP contribution in [0.15, 0.2) is 29.4 Å². The van der Waals surface area contributed by atoms with Crippen molar-refractivity contribution in [2.24, 2.45) is 5.92 Å². The molecule has 8 nitrogen and oxygen atoms in total. The van der Waals surface area contributed by atoms with E-state index in [1.807, 2.05) is 31.2 Å². The summed E-state index contributed by atoms with van der Waals surface area (Å²) in [5.74, 6) is -0.0131. The molecule has 26 heavy (non-hydrogen) atoms. The van der Waals surface area contributed by atoms with Crippen LogP contribution in [0.3, 0.4) is 0 Å². The molecule has 138 valence electrons. The molecule has 1 aliphatic heterocycles. The Bertz CT molecular complexity index is 769. The third kappa shape index (κ3) is 4.21. The molecule has 0 saturated carbocycles. The van der Waals surface area contributed by atoms with Gasteiger partial charge < -0.3 is 9.64 Å². The van der Waals surface area contributed by atoms with Gasteiger partial charge in [-0.3, -0.25) is 9.59 Å². The van der Waals surface area contributed by atoms with Crippen molar-refractivity contribution in [3.05, 3.63) is 29.8 Å². The molecule has 0 bridgehead atoms. The summed E-state index contributed by atoms with van der Waals surface area (Å²) in [5.41, 5.74) is 2.01. The highest BCUT2D eigenvalue weighted by Crippen LogP contribution is 2.22. The molecular formula is C17H21N5O3S. The molecule has 1 aliphatic rings. The summed E-state index contributed by atoms with van der Waals surface area (Å²) in [6.07, 6.45) is 1.29. The smallest absolute Gasteiger partial charge is 0.308 e. The molecule has 1 aromatic heterocycles. The van der Waals surface area contributed by atoms with Gasteiger partial charge in [0.15, 0.2) is 0 Å². The Hall–Kier alpha value is -2.42. The molecule has 0 N–H and O–H groups in total. The summed E-state index contributed by atoms with van der Waals surface area (Å²) in [7, 11) is 1.40. The van der Waals surface area contributed by atoms with Gasteiger partial charge in [0.25, 0.3) is 0 Å². The van der Waals surface area contributed by atoms with E-state index in [0.29, 0.717) is 31.1 Å². The summed E-state index contributed by atoms with van der Waals surface area (Å²) >= 11 is 1.31. The SMILES string of the molecule is COC(=O)C1CCN(C(=O)CSc2nnnn2-c2ccc(C)cc2)CC1. The summed E-state index contributed by atoms with van der Waals surface area (Å²) in [6, 6.07) is 7.86. The number of nitrogens with zero attached hydrogens (tertiary/aromatic N) is 5. The van der Waals surface area contributed by atoms with Crippen molar-refractivity contribution in [1.82, 2.24) is 25.1 Å². The Morgan fingerprint density at radius 2 is 1.92 bits per heavy atom. The molecule has 2 heterocycles. The van der Waals surface area contributed by atoms with Gasteiger partial charge in [-0.1, -0.05) is 29.5 Å². The van der Waals surface area contributed by atoms with Gasteiger partial charge in [0, 0.05) is 13.1 Å². The second-order valence-electron chi connectivity index (χ2n) is 6.18. The topological polar surface area (TPSA) is 90.2 Å². The second kappa shape index (κ2) is 8.31. The fourth-order valence-corrected chi connectivity index (χ4v) is 3.66. The van der Waals surface area contributed by atoms with E-state index in [1.54, 1.807) is 9.58 Å². The zero-order valence-electron chi connectivity index (χ0n) is 14.8. The molecule has 0 aliphatic carbocycles. The molecule has 1 saturated heterocycles. The van der Waals surface area contributed by atoms with E-state index in [9.17, 15) is 9.59 Å². The van der Waals surface area contributed by atoms with Crippen LogP contribution in [-0.2, 0) is 14.3 Å². The summed E-state index contributed by atoms with van der Waals surface area (Å²) < 4.78 is 6.40. The maximum absolute atomic E-state index is 12.4. The van der Waals surface area contributed by atoms with Crippen molar-refractivity contribution < 1.29 is 14.3 Å². The van der Waals surface area contributed by atoms with Gasteiger partial charge in [0.1, 0.15) is 0 Å². The number of aromatic nitrogens is 4. The Morgan fingerprint density at radius 1 is 1.23 bits per heavy atom. The summed E-state index contributed by atoms with van der Waals surface area (Å²) in [5, 5.41) is 12.3. The number of amides is 1. The number of esters is 1. The van der Waals surface area contributed by atoms with Gasteiger partial charge in [0.05, 0.1) is 24.5 Å². The largest absolute Gasteiger partial charge is 0.469 e. The van der Waals surface area contributed by atoms with Crippen LogP contribution in [0.4, 0.5) is 0 Å². The normalized spacial score (nSPS) is 15.1. The van der Waals surface area contributed by atoms with Crippen LogP contribution in [0.5, 0.6) is 0 Å². The number of tetrazole rings is 1. The van der Waals surface area contributed by atoms with Crippen LogP contribution in [0.2, 0.25) is 0 Å². The second-order valence-corrected chi connectivity index (χ2v) is 7.12. The number of carbonyl (C=O) groups excluding carboxylic acids is 2. The highest BCUT2D eigenvalue weighted by Gasteiger charge is 2.28. The van der Waals surface area contributed by atoms with E-state index in [-0.39, 0.29) is 23.5 Å². The number of ether oxygens (including phenoxy) is 1. The van der Waals surface area contributed by atoms with Gasteiger partial charge in [-0.25, -0.2) is 0 Å². The van der Waals surface area contributed by atoms with Crippen molar-refractivity contribution in [2.45, 2.75) is 24.9 Å². The molecular weight excluding hydrogens is 354 g/mol. The Balaban J connectivity index is 1.55. The Kier molecular flexibility index (Phi) is 5.87. The van der Waals surface area contributed by atoms with Gasteiger partial charge in [-0.05, 0) is 42.3 Å². The van der Waals surface area contributed by atoms with Crippen LogP contribution in [-0.4, -0.2) is 62.9 Å². The third-order valence-electron chi connectivity index (χ3n) is 4.43. The highest BCUT2D eigenvalue weighted by atomic mass is 32.2. The number of aryl methyl sites for hydroxylation is 1. The molecule has 9 heteroatoms. The van der Waals surface area contributed by atoms with E-state index in [1.165, 1.54) is 18.9 Å². The van der Waals surface area contributed by atoms with E-state index in [2.05, 4.69) is 15.5 Å². The lowest BCUT2D eigenvalue weighted by Gasteiger charge is -2.30. The van der Waals surface area contributed by atoms with E-state index in [4.69, 9.17) is 4.74 Å². The fraction of sp³-hybridized carbons (Fsp3) is 0.471. The van der Waals surface area contributed by atoms with Crippen molar-refractivity contribution in [3.8, 4) is 5.69 Å². The summed E-state index contributed by atoms with van der Waals surface area (Å²) in [6.45, 7) is 3.16. The lowest BCUT2D eigenvalue weighted by molar-refractivity contribution is -0.148. The highest BCUT2D eigenvalue weighted by molar-refractivity contribution is 7.99. The molecule has 0 unspecified atom stereocenters. The minimum absolute atomic E-state index is 0.0248. The molecule has 1 aromatic carbocycles. The quantitative estimate of drug-likeness (QED) is 0.577. The number of carbonyl (C=O) groups is 2. The number of hydrogen-bond acceptors (Lipinski definition) is 7. The van der Waals surface area contributed by atoms with E-state index >= 15 is 0 Å². The number of benzene rings is 1. The number of piperidine rings is 1. The zero-order chi connectivity index (χ0) is 18.5. The molecule has 2 aromatic rings. The van der Waals surface area contributed by atoms with Crippen molar-refractivity contribution >= 4 is 23.6 Å². The molecule has 0 radical (unpaired) electrons. The lowest BCUT2D eigenvalue weighted by atomic mass is 9.97. The standard InChI is InChI=1S/C17H21N5O3S/c1-12-3-5-14(6-4-12)22-17(18-19-20-22)26-11-15(23)21-9-7-13(8-10-21)16(24)25-2/h3-6,13H,7-11H2,1-2H3. The first kappa shape index (κ1) is 18.4. The minimum atomic E-state index is -0.191. The van der Waals surface area contributed by atoms with E-state index in [0.717, 1.165) is 11.3 Å². The summed E-state index contributed by atoms with van der Waals surface area (Å²) in [4.78, 5) is 25.8. The van der Waals surface area contributed by atoms with Gasteiger partial charge >= 0.3 is 5.97 Å². The number of hydrogen-bond donors (Lipinski definition) is 0. The maximum atomic E-state index is 12.4. The number of methoxy groups -OCH3 is 1. The lowest BCUT2D eigenvalue weighted by Crippen LogP contribution is -2.41. The van der Waals surface area contributed by atoms with Crippen molar-refractivity contribution in [2.75, 3.05) is 26.0 Å². The van der Waals surface area contributed by atoms with Gasteiger partial charge in [-0.2, -0.15) is 4.68 Å². The molecule has 1 amide bonds. The van der Waals surface area contributed by atoms with Crippen LogP contribution in [0, 0.1) is 12.8 Å².